The summed E-state index contributed by atoms with van der Waals surface area (Å²) in [7, 11) is 0. The maximum absolute atomic E-state index is 12.0. The number of rotatable bonds is 9. The molecule has 3 amide bonds. The zero-order valence-electron chi connectivity index (χ0n) is 17.6. The predicted molar refractivity (Wildman–Crippen MR) is 138 cm³/mol. The molecule has 2 aromatic carbocycles. The lowest BCUT2D eigenvalue weighted by Crippen LogP contribution is -2.48. The van der Waals surface area contributed by atoms with Crippen LogP contribution >= 0.6 is 58.6 Å². The molecule has 0 spiro atoms. The highest BCUT2D eigenvalue weighted by atomic mass is 35.5. The van der Waals surface area contributed by atoms with E-state index in [0.29, 0.717) is 32.9 Å². The first-order valence-electron chi connectivity index (χ1n) is 9.85. The second-order valence-electron chi connectivity index (χ2n) is 6.75. The normalized spacial score (nSPS) is 10.2. The number of hydrogen-bond donors (Lipinski definition) is 4. The van der Waals surface area contributed by atoms with Crippen LogP contribution in [0, 0.1) is 0 Å². The van der Waals surface area contributed by atoms with Gasteiger partial charge >= 0.3 is 0 Å². The van der Waals surface area contributed by atoms with Gasteiger partial charge in [0.25, 0.3) is 0 Å². The van der Waals surface area contributed by atoms with Crippen LogP contribution in [0.4, 0.5) is 5.69 Å². The van der Waals surface area contributed by atoms with Gasteiger partial charge in [-0.25, -0.2) is 0 Å². The zero-order valence-corrected chi connectivity index (χ0v) is 21.4. The number of nitrogens with one attached hydrogen (secondary N) is 4. The number of thiocarbonyl (C=S) groups is 1. The Morgan fingerprint density at radius 1 is 0.794 bits per heavy atom. The van der Waals surface area contributed by atoms with Gasteiger partial charge in [-0.2, -0.15) is 0 Å². The molecule has 0 aliphatic rings. The third kappa shape index (κ3) is 10.3. The van der Waals surface area contributed by atoms with Gasteiger partial charge in [0.2, 0.25) is 17.7 Å². The Labute approximate surface area is 221 Å². The van der Waals surface area contributed by atoms with Gasteiger partial charge in [-0.15, -0.1) is 0 Å². The van der Waals surface area contributed by atoms with Crippen LogP contribution in [0.15, 0.2) is 36.4 Å². The molecule has 34 heavy (non-hydrogen) atoms. The Morgan fingerprint density at radius 3 is 2.12 bits per heavy atom. The highest BCUT2D eigenvalue weighted by molar-refractivity contribution is 7.80. The van der Waals surface area contributed by atoms with Crippen LogP contribution in [0.25, 0.3) is 0 Å². The number of carbonyl (C=O) groups excluding carboxylic acids is 3. The van der Waals surface area contributed by atoms with Crippen molar-refractivity contribution in [1.29, 1.82) is 0 Å². The van der Waals surface area contributed by atoms with Gasteiger partial charge < -0.3 is 15.4 Å². The van der Waals surface area contributed by atoms with Crippen molar-refractivity contribution in [2.24, 2.45) is 0 Å². The van der Waals surface area contributed by atoms with E-state index in [-0.39, 0.29) is 41.9 Å². The van der Waals surface area contributed by atoms with E-state index in [1.54, 1.807) is 30.3 Å². The van der Waals surface area contributed by atoms with Crippen molar-refractivity contribution in [3.8, 4) is 5.75 Å². The highest BCUT2D eigenvalue weighted by Gasteiger charge is 2.11. The van der Waals surface area contributed by atoms with E-state index in [0.717, 1.165) is 0 Å². The van der Waals surface area contributed by atoms with Gasteiger partial charge in [-0.1, -0.05) is 46.4 Å². The standard InChI is InChI=1S/C21H20Cl4N4O4S/c22-12-3-5-16(14(24)10-12)26-19(31)7-8-20(32)28-29-21(34)27-18(30)2-1-9-33-17-6-4-13(23)11-15(17)25/h3-6,10-11H,1-2,7-9H2,(H,26,31)(H,28,32)(H2,27,29,30,34). The van der Waals surface area contributed by atoms with Gasteiger partial charge in [0.05, 0.1) is 22.3 Å². The van der Waals surface area contributed by atoms with Crippen LogP contribution in [0.2, 0.25) is 20.1 Å². The van der Waals surface area contributed by atoms with E-state index in [2.05, 4.69) is 21.5 Å². The second kappa shape index (κ2) is 14.2. The molecule has 0 bridgehead atoms. The molecule has 2 rings (SSSR count). The van der Waals surface area contributed by atoms with Crippen molar-refractivity contribution in [3.05, 3.63) is 56.5 Å². The molecule has 4 N–H and O–H groups in total. The van der Waals surface area contributed by atoms with E-state index in [4.69, 9.17) is 63.4 Å². The van der Waals surface area contributed by atoms with Gasteiger partial charge in [-0.05, 0) is 55.0 Å². The van der Waals surface area contributed by atoms with Crippen molar-refractivity contribution in [2.45, 2.75) is 25.7 Å². The van der Waals surface area contributed by atoms with Crippen LogP contribution in [0.5, 0.6) is 5.75 Å². The van der Waals surface area contributed by atoms with Crippen LogP contribution in [0.1, 0.15) is 25.7 Å². The van der Waals surface area contributed by atoms with Crippen LogP contribution < -0.4 is 26.2 Å². The Hall–Kier alpha value is -2.30. The minimum absolute atomic E-state index is 0.0857. The minimum Gasteiger partial charge on any atom is -0.492 e. The fraction of sp³-hybridized carbons (Fsp3) is 0.238. The second-order valence-corrected chi connectivity index (χ2v) is 8.85. The molecule has 0 aliphatic heterocycles. The molecule has 182 valence electrons. The van der Waals surface area contributed by atoms with E-state index < -0.39 is 11.8 Å². The highest BCUT2D eigenvalue weighted by Crippen LogP contribution is 2.27. The fourth-order valence-corrected chi connectivity index (χ4v) is 3.53. The lowest BCUT2D eigenvalue weighted by Gasteiger charge is -2.11. The largest absolute Gasteiger partial charge is 0.492 e. The lowest BCUT2D eigenvalue weighted by atomic mass is 10.2. The van der Waals surface area contributed by atoms with Crippen molar-refractivity contribution in [3.63, 3.8) is 0 Å². The summed E-state index contributed by atoms with van der Waals surface area (Å²) >= 11 is 28.6. The summed E-state index contributed by atoms with van der Waals surface area (Å²) in [5.74, 6) is -0.798. The van der Waals surface area contributed by atoms with Crippen molar-refractivity contribution >= 4 is 87.1 Å². The van der Waals surface area contributed by atoms with Crippen LogP contribution in [-0.2, 0) is 14.4 Å². The topological polar surface area (TPSA) is 109 Å². The molecule has 2 aromatic rings. The van der Waals surface area contributed by atoms with Crippen LogP contribution in [0.3, 0.4) is 0 Å². The molecule has 0 atom stereocenters. The summed E-state index contributed by atoms with van der Waals surface area (Å²) in [4.78, 5) is 35.8. The minimum atomic E-state index is -0.498. The fourth-order valence-electron chi connectivity index (χ4n) is 2.45. The maximum Gasteiger partial charge on any atom is 0.238 e. The molecule has 13 heteroatoms. The monoisotopic (exact) mass is 564 g/mol. The average Bonchev–Trinajstić information content (AvgIpc) is 2.77. The Kier molecular flexibility index (Phi) is 11.7. The number of halogens is 4. The molecule has 0 radical (unpaired) electrons. The van der Waals surface area contributed by atoms with Gasteiger partial charge in [0, 0.05) is 29.3 Å². The summed E-state index contributed by atoms with van der Waals surface area (Å²) < 4.78 is 5.50. The molecular formula is C21H20Cl4N4O4S. The van der Waals surface area contributed by atoms with Crippen LogP contribution in [-0.4, -0.2) is 29.4 Å². The maximum atomic E-state index is 12.0. The number of amides is 3. The van der Waals surface area contributed by atoms with E-state index in [1.165, 1.54) is 6.07 Å². The smallest absolute Gasteiger partial charge is 0.238 e. The number of ether oxygens (including phenoxy) is 1. The lowest BCUT2D eigenvalue weighted by molar-refractivity contribution is -0.124. The SMILES string of the molecule is O=C(CCC(=O)Nc1ccc(Cl)cc1Cl)NNC(=S)NC(=O)CCCOc1ccc(Cl)cc1Cl. The van der Waals surface area contributed by atoms with E-state index >= 15 is 0 Å². The van der Waals surface area contributed by atoms with Crippen molar-refractivity contribution in [1.82, 2.24) is 16.2 Å². The number of benzene rings is 2. The van der Waals surface area contributed by atoms with Gasteiger partial charge in [0.15, 0.2) is 5.11 Å². The number of hydrazine groups is 1. The first-order valence-corrected chi connectivity index (χ1v) is 11.8. The van der Waals surface area contributed by atoms with Gasteiger partial charge in [-0.3, -0.25) is 25.2 Å². The van der Waals surface area contributed by atoms with E-state index in [9.17, 15) is 14.4 Å². The summed E-state index contributed by atoms with van der Waals surface area (Å²) in [6, 6.07) is 9.48. The molecular weight excluding hydrogens is 546 g/mol. The molecule has 0 aliphatic carbocycles. The quantitative estimate of drug-likeness (QED) is 0.196. The first kappa shape index (κ1) is 27.9. The Balaban J connectivity index is 1.59. The number of hydrogen-bond acceptors (Lipinski definition) is 5. The molecule has 0 saturated heterocycles. The Bertz CT molecular complexity index is 1070. The van der Waals surface area contributed by atoms with E-state index in [1.807, 2.05) is 0 Å². The van der Waals surface area contributed by atoms with Crippen molar-refractivity contribution in [2.75, 3.05) is 11.9 Å². The average molecular weight is 566 g/mol. The summed E-state index contributed by atoms with van der Waals surface area (Å²) in [5.41, 5.74) is 5.10. The summed E-state index contributed by atoms with van der Waals surface area (Å²) in [6.07, 6.45) is 0.329. The molecule has 0 aromatic heterocycles. The molecule has 0 heterocycles. The predicted octanol–water partition coefficient (Wildman–Crippen LogP) is 4.90. The third-order valence-corrected chi connectivity index (χ3v) is 5.33. The third-order valence-electron chi connectivity index (χ3n) is 4.05. The summed E-state index contributed by atoms with van der Waals surface area (Å²) in [5, 5.41) is 6.52. The number of anilines is 1. The molecule has 0 unspecified atom stereocenters. The van der Waals surface area contributed by atoms with Gasteiger partial charge in [0.1, 0.15) is 5.75 Å². The summed E-state index contributed by atoms with van der Waals surface area (Å²) in [6.45, 7) is 0.259. The zero-order chi connectivity index (χ0) is 25.1. The number of carbonyl (C=O) groups is 3. The van der Waals surface area contributed by atoms with Crippen molar-refractivity contribution < 1.29 is 19.1 Å². The molecule has 8 nitrogen and oxygen atoms in total. The molecule has 0 fully saturated rings. The first-order chi connectivity index (χ1) is 16.1. The molecule has 0 saturated carbocycles. The Morgan fingerprint density at radius 2 is 1.44 bits per heavy atom.